The standard InChI is InChI=1S/C17H29NO/c1-4-7-10-15(5-2)13-18-14-16-11-8-9-12-17(16)19-6-3/h8-9,11-12,15,18H,4-7,10,13-14H2,1-3H3. The summed E-state index contributed by atoms with van der Waals surface area (Å²) in [6, 6.07) is 8.30. The number of benzene rings is 1. The minimum Gasteiger partial charge on any atom is -0.494 e. The van der Waals surface area contributed by atoms with Crippen molar-refractivity contribution in [3.8, 4) is 5.75 Å². The van der Waals surface area contributed by atoms with E-state index in [0.717, 1.165) is 31.4 Å². The zero-order chi connectivity index (χ0) is 13.9. The van der Waals surface area contributed by atoms with Crippen LogP contribution in [0.25, 0.3) is 0 Å². The van der Waals surface area contributed by atoms with E-state index in [1.807, 2.05) is 13.0 Å². The van der Waals surface area contributed by atoms with Crippen molar-refractivity contribution in [1.29, 1.82) is 0 Å². The Morgan fingerprint density at radius 2 is 1.95 bits per heavy atom. The van der Waals surface area contributed by atoms with Gasteiger partial charge >= 0.3 is 0 Å². The maximum atomic E-state index is 5.65. The lowest BCUT2D eigenvalue weighted by Crippen LogP contribution is -2.22. The molecule has 1 aromatic rings. The van der Waals surface area contributed by atoms with E-state index in [1.54, 1.807) is 0 Å². The number of hydrogen-bond acceptors (Lipinski definition) is 2. The maximum absolute atomic E-state index is 5.65. The molecule has 1 aromatic carbocycles. The first-order valence-electron chi connectivity index (χ1n) is 7.73. The predicted molar refractivity (Wildman–Crippen MR) is 82.6 cm³/mol. The van der Waals surface area contributed by atoms with Crippen LogP contribution >= 0.6 is 0 Å². The second-order valence-corrected chi connectivity index (χ2v) is 5.09. The Morgan fingerprint density at radius 3 is 2.63 bits per heavy atom. The molecule has 0 aromatic heterocycles. The Kier molecular flexibility index (Phi) is 8.31. The molecule has 0 saturated carbocycles. The van der Waals surface area contributed by atoms with Crippen molar-refractivity contribution in [1.82, 2.24) is 5.32 Å². The summed E-state index contributed by atoms with van der Waals surface area (Å²) in [6.07, 6.45) is 5.24. The number of ether oxygens (including phenoxy) is 1. The van der Waals surface area contributed by atoms with E-state index in [1.165, 1.54) is 31.2 Å². The first kappa shape index (κ1) is 16.0. The fourth-order valence-electron chi connectivity index (χ4n) is 2.30. The van der Waals surface area contributed by atoms with Crippen LogP contribution in [0.4, 0.5) is 0 Å². The molecule has 0 aliphatic heterocycles. The monoisotopic (exact) mass is 263 g/mol. The molecule has 0 fully saturated rings. The number of nitrogens with one attached hydrogen (secondary N) is 1. The summed E-state index contributed by atoms with van der Waals surface area (Å²) in [4.78, 5) is 0. The van der Waals surface area contributed by atoms with Crippen molar-refractivity contribution in [2.24, 2.45) is 5.92 Å². The number of para-hydroxylation sites is 1. The molecule has 0 spiro atoms. The smallest absolute Gasteiger partial charge is 0.123 e. The van der Waals surface area contributed by atoms with Gasteiger partial charge in [0, 0.05) is 12.1 Å². The van der Waals surface area contributed by atoms with E-state index in [2.05, 4.69) is 37.4 Å². The van der Waals surface area contributed by atoms with Crippen molar-refractivity contribution in [3.05, 3.63) is 29.8 Å². The van der Waals surface area contributed by atoms with Crippen LogP contribution in [0, 0.1) is 5.92 Å². The van der Waals surface area contributed by atoms with Crippen molar-refractivity contribution in [2.75, 3.05) is 13.2 Å². The highest BCUT2D eigenvalue weighted by Crippen LogP contribution is 2.18. The summed E-state index contributed by atoms with van der Waals surface area (Å²) >= 11 is 0. The first-order chi connectivity index (χ1) is 9.31. The van der Waals surface area contributed by atoms with Crippen LogP contribution < -0.4 is 10.1 Å². The summed E-state index contributed by atoms with van der Waals surface area (Å²) in [5.74, 6) is 1.82. The molecule has 0 aliphatic carbocycles. The Morgan fingerprint density at radius 1 is 1.16 bits per heavy atom. The van der Waals surface area contributed by atoms with Crippen LogP contribution in [0.15, 0.2) is 24.3 Å². The number of rotatable bonds is 10. The molecule has 2 heteroatoms. The van der Waals surface area contributed by atoms with E-state index < -0.39 is 0 Å². The molecule has 1 N–H and O–H groups in total. The van der Waals surface area contributed by atoms with Crippen molar-refractivity contribution in [3.63, 3.8) is 0 Å². The third-order valence-electron chi connectivity index (χ3n) is 3.56. The lowest BCUT2D eigenvalue weighted by atomic mass is 9.99. The third kappa shape index (κ3) is 6.11. The van der Waals surface area contributed by atoms with Gasteiger partial charge in [0.25, 0.3) is 0 Å². The summed E-state index contributed by atoms with van der Waals surface area (Å²) in [5.41, 5.74) is 1.26. The zero-order valence-electron chi connectivity index (χ0n) is 12.7. The van der Waals surface area contributed by atoms with Crippen LogP contribution in [-0.2, 0) is 6.54 Å². The van der Waals surface area contributed by atoms with Gasteiger partial charge in [0.15, 0.2) is 0 Å². The minimum atomic E-state index is 0.727. The Labute approximate surface area is 118 Å². The molecule has 0 heterocycles. The average Bonchev–Trinajstić information content (AvgIpc) is 2.44. The summed E-state index contributed by atoms with van der Waals surface area (Å²) in [7, 11) is 0. The van der Waals surface area contributed by atoms with E-state index in [4.69, 9.17) is 4.74 Å². The van der Waals surface area contributed by atoms with Crippen LogP contribution in [0.2, 0.25) is 0 Å². The van der Waals surface area contributed by atoms with Crippen molar-refractivity contribution >= 4 is 0 Å². The molecule has 0 bridgehead atoms. The number of hydrogen-bond donors (Lipinski definition) is 1. The summed E-state index contributed by atoms with van der Waals surface area (Å²) < 4.78 is 5.65. The Hall–Kier alpha value is -1.02. The molecule has 0 aliphatic rings. The Balaban J connectivity index is 2.39. The fourth-order valence-corrected chi connectivity index (χ4v) is 2.30. The van der Waals surface area contributed by atoms with Gasteiger partial charge in [-0.2, -0.15) is 0 Å². The lowest BCUT2D eigenvalue weighted by molar-refractivity contribution is 0.334. The van der Waals surface area contributed by atoms with Gasteiger partial charge < -0.3 is 10.1 Å². The molecular weight excluding hydrogens is 234 g/mol. The van der Waals surface area contributed by atoms with Crippen LogP contribution in [0.1, 0.15) is 52.0 Å². The molecule has 0 amide bonds. The summed E-state index contributed by atoms with van der Waals surface area (Å²) in [6.45, 7) is 9.32. The highest BCUT2D eigenvalue weighted by molar-refractivity contribution is 5.33. The predicted octanol–water partition coefficient (Wildman–Crippen LogP) is 4.39. The van der Waals surface area contributed by atoms with Gasteiger partial charge in [-0.05, 0) is 31.9 Å². The SMILES string of the molecule is CCCCC(CC)CNCc1ccccc1OCC. The lowest BCUT2D eigenvalue weighted by Gasteiger charge is -2.16. The topological polar surface area (TPSA) is 21.3 Å². The molecule has 2 nitrogen and oxygen atoms in total. The molecule has 0 radical (unpaired) electrons. The normalized spacial score (nSPS) is 12.4. The van der Waals surface area contributed by atoms with Gasteiger partial charge in [0.1, 0.15) is 5.75 Å². The van der Waals surface area contributed by atoms with E-state index >= 15 is 0 Å². The summed E-state index contributed by atoms with van der Waals surface area (Å²) in [5, 5.41) is 3.58. The maximum Gasteiger partial charge on any atom is 0.123 e. The van der Waals surface area contributed by atoms with E-state index in [0.29, 0.717) is 0 Å². The largest absolute Gasteiger partial charge is 0.494 e. The first-order valence-corrected chi connectivity index (χ1v) is 7.73. The quantitative estimate of drug-likeness (QED) is 0.676. The van der Waals surface area contributed by atoms with Gasteiger partial charge in [0.05, 0.1) is 6.61 Å². The van der Waals surface area contributed by atoms with E-state index in [9.17, 15) is 0 Å². The molecule has 108 valence electrons. The zero-order valence-corrected chi connectivity index (χ0v) is 12.7. The molecule has 1 unspecified atom stereocenters. The van der Waals surface area contributed by atoms with Gasteiger partial charge in [-0.1, -0.05) is 51.3 Å². The van der Waals surface area contributed by atoms with Gasteiger partial charge in [-0.3, -0.25) is 0 Å². The molecular formula is C17H29NO. The minimum absolute atomic E-state index is 0.727. The van der Waals surface area contributed by atoms with E-state index in [-0.39, 0.29) is 0 Å². The van der Waals surface area contributed by atoms with Crippen molar-refractivity contribution < 1.29 is 4.74 Å². The van der Waals surface area contributed by atoms with Gasteiger partial charge in [0.2, 0.25) is 0 Å². The highest BCUT2D eigenvalue weighted by Gasteiger charge is 2.06. The average molecular weight is 263 g/mol. The molecule has 1 rings (SSSR count). The van der Waals surface area contributed by atoms with Crippen LogP contribution in [0.3, 0.4) is 0 Å². The van der Waals surface area contributed by atoms with Gasteiger partial charge in [-0.15, -0.1) is 0 Å². The van der Waals surface area contributed by atoms with Crippen LogP contribution in [0.5, 0.6) is 5.75 Å². The molecule has 1 atom stereocenters. The molecule has 0 saturated heterocycles. The number of unbranched alkanes of at least 4 members (excludes halogenated alkanes) is 1. The Bertz CT molecular complexity index is 338. The highest BCUT2D eigenvalue weighted by atomic mass is 16.5. The third-order valence-corrected chi connectivity index (χ3v) is 3.56. The second kappa shape index (κ2) is 9.85. The van der Waals surface area contributed by atoms with Crippen LogP contribution in [-0.4, -0.2) is 13.2 Å². The molecule has 19 heavy (non-hydrogen) atoms. The van der Waals surface area contributed by atoms with Crippen molar-refractivity contribution in [2.45, 2.75) is 53.0 Å². The second-order valence-electron chi connectivity index (χ2n) is 5.09. The fraction of sp³-hybridized carbons (Fsp3) is 0.647. The van der Waals surface area contributed by atoms with Gasteiger partial charge in [-0.25, -0.2) is 0 Å².